The molecule has 0 saturated heterocycles. The molecule has 0 fully saturated rings. The highest BCUT2D eigenvalue weighted by atomic mass is 32.2. The van der Waals surface area contributed by atoms with Gasteiger partial charge in [0.15, 0.2) is 0 Å². The number of anilines is 1. The third-order valence-electron chi connectivity index (χ3n) is 5.10. The minimum atomic E-state index is -0.389. The number of hydrogen-bond acceptors (Lipinski definition) is 5. The van der Waals surface area contributed by atoms with E-state index in [1.54, 1.807) is 11.8 Å². The van der Waals surface area contributed by atoms with Gasteiger partial charge < -0.3 is 10.6 Å². The summed E-state index contributed by atoms with van der Waals surface area (Å²) >= 11 is 1.69. The Kier molecular flexibility index (Phi) is 11.8. The number of carbonyl (C=O) groups is 1. The van der Waals surface area contributed by atoms with Crippen molar-refractivity contribution in [2.24, 2.45) is 5.16 Å². The molecule has 0 bridgehead atoms. The van der Waals surface area contributed by atoms with Crippen LogP contribution in [0.5, 0.6) is 0 Å². The molecule has 0 saturated carbocycles. The summed E-state index contributed by atoms with van der Waals surface area (Å²) in [6.07, 6.45) is 12.3. The minimum absolute atomic E-state index is 0.389. The first-order valence-electron chi connectivity index (χ1n) is 11.5. The first kappa shape index (κ1) is 25.0. The SMILES string of the molecule is CCCCCCCCCCC/C(=N\OC(C)=O)c1ccc(Sc2ccc(N)cc2)cc1. The van der Waals surface area contributed by atoms with Crippen LogP contribution in [0, 0.1) is 0 Å². The van der Waals surface area contributed by atoms with E-state index in [1.165, 1.54) is 58.3 Å². The maximum Gasteiger partial charge on any atom is 0.331 e. The third-order valence-corrected chi connectivity index (χ3v) is 6.12. The van der Waals surface area contributed by atoms with Crippen molar-refractivity contribution in [3.8, 4) is 0 Å². The van der Waals surface area contributed by atoms with Crippen LogP contribution < -0.4 is 5.73 Å². The van der Waals surface area contributed by atoms with Crippen LogP contribution in [-0.4, -0.2) is 11.7 Å². The summed E-state index contributed by atoms with van der Waals surface area (Å²) in [6.45, 7) is 3.63. The smallest absolute Gasteiger partial charge is 0.331 e. The summed E-state index contributed by atoms with van der Waals surface area (Å²) < 4.78 is 0. The Morgan fingerprint density at radius 2 is 1.35 bits per heavy atom. The average Bonchev–Trinajstić information content (AvgIpc) is 2.77. The van der Waals surface area contributed by atoms with Crippen LogP contribution in [0.3, 0.4) is 0 Å². The quantitative estimate of drug-likeness (QED) is 0.108. The summed E-state index contributed by atoms with van der Waals surface area (Å²) in [5.74, 6) is -0.389. The Bertz CT molecular complexity index is 801. The monoisotopic (exact) mass is 440 g/mol. The molecular formula is C26H36N2O2S. The van der Waals surface area contributed by atoms with Crippen molar-refractivity contribution in [3.05, 3.63) is 54.1 Å². The molecule has 2 aromatic carbocycles. The lowest BCUT2D eigenvalue weighted by Gasteiger charge is -2.08. The standard InChI is InChI=1S/C26H36N2O2S/c1-3-4-5-6-7-8-9-10-11-12-26(28-30-21(2)29)22-13-17-24(18-14-22)31-25-19-15-23(27)16-20-25/h13-20H,3-12,27H2,1-2H3/b28-26+. The summed E-state index contributed by atoms with van der Waals surface area (Å²) in [4.78, 5) is 18.5. The zero-order chi connectivity index (χ0) is 22.3. The zero-order valence-electron chi connectivity index (χ0n) is 18.9. The molecule has 0 radical (unpaired) electrons. The normalized spacial score (nSPS) is 11.5. The number of nitrogens with zero attached hydrogens (tertiary/aromatic N) is 1. The van der Waals surface area contributed by atoms with Gasteiger partial charge in [0.2, 0.25) is 0 Å². The maximum atomic E-state index is 11.2. The van der Waals surface area contributed by atoms with Crippen molar-refractivity contribution >= 4 is 29.1 Å². The number of unbranched alkanes of at least 4 members (excludes halogenated alkanes) is 8. The number of carbonyl (C=O) groups excluding carboxylic acids is 1. The van der Waals surface area contributed by atoms with E-state index in [2.05, 4.69) is 36.3 Å². The van der Waals surface area contributed by atoms with Crippen LogP contribution in [-0.2, 0) is 9.63 Å². The largest absolute Gasteiger partial charge is 0.399 e. The predicted octanol–water partition coefficient (Wildman–Crippen LogP) is 7.61. The fourth-order valence-corrected chi connectivity index (χ4v) is 4.17. The van der Waals surface area contributed by atoms with Crippen LogP contribution in [0.15, 0.2) is 63.5 Å². The van der Waals surface area contributed by atoms with Crippen molar-refractivity contribution in [1.82, 2.24) is 0 Å². The Balaban J connectivity index is 1.85. The second-order valence-corrected chi connectivity index (χ2v) is 9.04. The molecule has 0 amide bonds. The van der Waals surface area contributed by atoms with Gasteiger partial charge in [-0.1, -0.05) is 87.3 Å². The van der Waals surface area contributed by atoms with E-state index in [0.29, 0.717) is 0 Å². The highest BCUT2D eigenvalue weighted by Crippen LogP contribution is 2.28. The van der Waals surface area contributed by atoms with Gasteiger partial charge in [-0.25, -0.2) is 4.79 Å². The van der Waals surface area contributed by atoms with Crippen LogP contribution in [0.25, 0.3) is 0 Å². The van der Waals surface area contributed by atoms with Crippen LogP contribution in [0.4, 0.5) is 5.69 Å². The maximum absolute atomic E-state index is 11.2. The molecule has 5 heteroatoms. The molecule has 2 rings (SSSR count). The lowest BCUT2D eigenvalue weighted by atomic mass is 10.0. The number of oxime groups is 1. The third kappa shape index (κ3) is 10.5. The molecule has 0 heterocycles. The lowest BCUT2D eigenvalue weighted by molar-refractivity contribution is -0.140. The van der Waals surface area contributed by atoms with E-state index in [9.17, 15) is 4.79 Å². The Morgan fingerprint density at radius 3 is 1.90 bits per heavy atom. The molecule has 0 aliphatic carbocycles. The summed E-state index contributed by atoms with van der Waals surface area (Å²) in [7, 11) is 0. The molecule has 0 atom stereocenters. The molecule has 0 aromatic heterocycles. The van der Waals surface area contributed by atoms with Crippen molar-refractivity contribution < 1.29 is 9.63 Å². The second kappa shape index (κ2) is 14.7. The molecule has 0 aliphatic rings. The Labute approximate surface area is 191 Å². The Morgan fingerprint density at radius 1 is 0.839 bits per heavy atom. The van der Waals surface area contributed by atoms with Crippen LogP contribution >= 0.6 is 11.8 Å². The van der Waals surface area contributed by atoms with Gasteiger partial charge in [0.1, 0.15) is 0 Å². The number of nitrogen functional groups attached to an aromatic ring is 1. The van der Waals surface area contributed by atoms with Gasteiger partial charge in [-0.05, 0) is 54.8 Å². The highest BCUT2D eigenvalue weighted by Gasteiger charge is 2.07. The molecule has 4 nitrogen and oxygen atoms in total. The predicted molar refractivity (Wildman–Crippen MR) is 132 cm³/mol. The summed E-state index contributed by atoms with van der Waals surface area (Å²) in [6, 6.07) is 16.1. The number of hydrogen-bond donors (Lipinski definition) is 1. The fourth-order valence-electron chi connectivity index (χ4n) is 3.35. The van der Waals surface area contributed by atoms with Gasteiger partial charge in [0.25, 0.3) is 0 Å². The lowest BCUT2D eigenvalue weighted by Crippen LogP contribution is -2.04. The van der Waals surface area contributed by atoms with Crippen LogP contribution in [0.2, 0.25) is 0 Å². The van der Waals surface area contributed by atoms with Gasteiger partial charge in [0.05, 0.1) is 5.71 Å². The molecule has 0 spiro atoms. The van der Waals surface area contributed by atoms with Gasteiger partial charge >= 0.3 is 5.97 Å². The van der Waals surface area contributed by atoms with Gasteiger partial charge in [-0.15, -0.1) is 0 Å². The molecule has 0 aliphatic heterocycles. The molecule has 2 N–H and O–H groups in total. The first-order chi connectivity index (χ1) is 15.1. The van der Waals surface area contributed by atoms with E-state index >= 15 is 0 Å². The molecule has 31 heavy (non-hydrogen) atoms. The second-order valence-electron chi connectivity index (χ2n) is 7.89. The van der Waals surface area contributed by atoms with Crippen molar-refractivity contribution in [3.63, 3.8) is 0 Å². The minimum Gasteiger partial charge on any atom is -0.399 e. The van der Waals surface area contributed by atoms with Gasteiger partial charge in [0, 0.05) is 22.4 Å². The Hall–Kier alpha value is -2.27. The molecule has 0 unspecified atom stereocenters. The summed E-state index contributed by atoms with van der Waals surface area (Å²) in [5.41, 5.74) is 8.36. The van der Waals surface area contributed by atoms with Crippen LogP contribution in [0.1, 0.15) is 83.6 Å². The van der Waals surface area contributed by atoms with E-state index in [0.717, 1.165) is 39.6 Å². The van der Waals surface area contributed by atoms with E-state index in [1.807, 2.05) is 24.3 Å². The molecule has 168 valence electrons. The van der Waals surface area contributed by atoms with Gasteiger partial charge in [-0.2, -0.15) is 0 Å². The number of nitrogens with two attached hydrogens (primary N) is 1. The number of rotatable bonds is 14. The van der Waals surface area contributed by atoms with Gasteiger partial charge in [-0.3, -0.25) is 0 Å². The average molecular weight is 441 g/mol. The molecular weight excluding hydrogens is 404 g/mol. The van der Waals surface area contributed by atoms with E-state index in [-0.39, 0.29) is 5.97 Å². The summed E-state index contributed by atoms with van der Waals surface area (Å²) in [5, 5.41) is 4.13. The fraction of sp³-hybridized carbons (Fsp3) is 0.462. The molecule has 2 aromatic rings. The topological polar surface area (TPSA) is 64.7 Å². The van der Waals surface area contributed by atoms with Crippen molar-refractivity contribution in [2.75, 3.05) is 5.73 Å². The van der Waals surface area contributed by atoms with Crippen molar-refractivity contribution in [1.29, 1.82) is 0 Å². The van der Waals surface area contributed by atoms with E-state index < -0.39 is 0 Å². The first-order valence-corrected chi connectivity index (χ1v) is 12.3. The number of benzene rings is 2. The highest BCUT2D eigenvalue weighted by molar-refractivity contribution is 7.99. The van der Waals surface area contributed by atoms with E-state index in [4.69, 9.17) is 10.6 Å². The van der Waals surface area contributed by atoms with Crippen molar-refractivity contribution in [2.45, 2.75) is 87.8 Å². The zero-order valence-corrected chi connectivity index (χ0v) is 19.8.